The average molecular weight is 375 g/mol. The van der Waals surface area contributed by atoms with Gasteiger partial charge in [-0.3, -0.25) is 33.9 Å². The Kier molecular flexibility index (Phi) is 8.96. The molecule has 1 saturated heterocycles. The molecule has 0 saturated carbocycles. The predicted octanol–water partition coefficient (Wildman–Crippen LogP) is -1.26. The van der Waals surface area contributed by atoms with Crippen LogP contribution in [0.1, 0.15) is 19.3 Å². The van der Waals surface area contributed by atoms with Crippen LogP contribution in [0.4, 0.5) is 0 Å². The number of hydrogen-bond donors (Lipinski definition) is 4. The lowest BCUT2D eigenvalue weighted by atomic mass is 10.0. The Morgan fingerprint density at radius 3 is 1.69 bits per heavy atom. The molecule has 1 aliphatic rings. The molecule has 11 heteroatoms. The number of nitrogens with zero attached hydrogens (tertiary/aromatic N) is 3. The van der Waals surface area contributed by atoms with Crippen LogP contribution >= 0.6 is 0 Å². The quantitative estimate of drug-likeness (QED) is 0.322. The van der Waals surface area contributed by atoms with Crippen LogP contribution in [0.2, 0.25) is 0 Å². The number of aliphatic carboxylic acids is 4. The zero-order chi connectivity index (χ0) is 19.7. The topological polar surface area (TPSA) is 159 Å². The van der Waals surface area contributed by atoms with E-state index in [0.29, 0.717) is 13.0 Å². The third kappa shape index (κ3) is 8.74. The van der Waals surface area contributed by atoms with Crippen molar-refractivity contribution in [2.24, 2.45) is 0 Å². The summed E-state index contributed by atoms with van der Waals surface area (Å²) in [7, 11) is 0. The number of carboxylic acid groups (broad SMARTS) is 4. The minimum absolute atomic E-state index is 0.108. The fraction of sp³-hybridized carbons (Fsp3) is 0.733. The van der Waals surface area contributed by atoms with Gasteiger partial charge in [0.15, 0.2) is 0 Å². The normalized spacial score (nSPS) is 18.2. The van der Waals surface area contributed by atoms with Crippen LogP contribution in [0.5, 0.6) is 0 Å². The highest BCUT2D eigenvalue weighted by molar-refractivity contribution is 5.73. The van der Waals surface area contributed by atoms with Crippen LogP contribution < -0.4 is 0 Å². The van der Waals surface area contributed by atoms with E-state index in [1.807, 2.05) is 4.90 Å². The van der Waals surface area contributed by atoms with Crippen molar-refractivity contribution < 1.29 is 39.6 Å². The summed E-state index contributed by atoms with van der Waals surface area (Å²) in [5, 5.41) is 35.8. The van der Waals surface area contributed by atoms with E-state index >= 15 is 0 Å². The van der Waals surface area contributed by atoms with E-state index in [2.05, 4.69) is 0 Å². The van der Waals surface area contributed by atoms with Crippen molar-refractivity contribution in [1.29, 1.82) is 0 Å². The molecule has 1 aliphatic heterocycles. The molecule has 0 spiro atoms. The van der Waals surface area contributed by atoms with Gasteiger partial charge in [-0.15, -0.1) is 0 Å². The van der Waals surface area contributed by atoms with Crippen molar-refractivity contribution in [3.8, 4) is 0 Å². The number of piperidine rings is 1. The van der Waals surface area contributed by atoms with Gasteiger partial charge in [0.25, 0.3) is 0 Å². The van der Waals surface area contributed by atoms with Gasteiger partial charge in [0.2, 0.25) is 0 Å². The fourth-order valence-corrected chi connectivity index (χ4v) is 3.11. The van der Waals surface area contributed by atoms with Crippen LogP contribution in [0.15, 0.2) is 0 Å². The van der Waals surface area contributed by atoms with Crippen LogP contribution in [-0.4, -0.2) is 111 Å². The Hall–Kier alpha value is -2.24. The average Bonchev–Trinajstić information content (AvgIpc) is 2.46. The molecule has 148 valence electrons. The third-order valence-corrected chi connectivity index (χ3v) is 4.04. The van der Waals surface area contributed by atoms with Crippen molar-refractivity contribution in [1.82, 2.24) is 14.7 Å². The van der Waals surface area contributed by atoms with Crippen molar-refractivity contribution in [3.63, 3.8) is 0 Å². The van der Waals surface area contributed by atoms with Gasteiger partial charge in [-0.2, -0.15) is 0 Å². The Balaban J connectivity index is 2.79. The Labute approximate surface area is 150 Å². The Morgan fingerprint density at radius 1 is 0.769 bits per heavy atom. The van der Waals surface area contributed by atoms with E-state index in [0.717, 1.165) is 12.8 Å². The summed E-state index contributed by atoms with van der Waals surface area (Å²) in [6.07, 6.45) is 2.43. The molecule has 1 rings (SSSR count). The summed E-state index contributed by atoms with van der Waals surface area (Å²) in [4.78, 5) is 48.3. The van der Waals surface area contributed by atoms with Gasteiger partial charge in [0.05, 0.1) is 32.8 Å². The largest absolute Gasteiger partial charge is 0.480 e. The molecule has 0 aromatic carbocycles. The molecule has 1 unspecified atom stereocenters. The van der Waals surface area contributed by atoms with Gasteiger partial charge < -0.3 is 20.4 Å². The second-order valence-corrected chi connectivity index (χ2v) is 6.34. The second kappa shape index (κ2) is 10.7. The molecule has 1 heterocycles. The lowest BCUT2D eigenvalue weighted by Gasteiger charge is -2.40. The molecule has 0 radical (unpaired) electrons. The number of carboxylic acids is 4. The van der Waals surface area contributed by atoms with Crippen LogP contribution in [0.3, 0.4) is 0 Å². The van der Waals surface area contributed by atoms with E-state index in [1.54, 1.807) is 0 Å². The SMILES string of the molecule is O=C(O)CN(CC(=O)O)CC1CCCCN1CN(CC(=O)O)CC(=O)O. The second-order valence-electron chi connectivity index (χ2n) is 6.34. The molecule has 4 N–H and O–H groups in total. The molecule has 0 aromatic rings. The van der Waals surface area contributed by atoms with Crippen LogP contribution in [0.25, 0.3) is 0 Å². The molecule has 0 amide bonds. The summed E-state index contributed by atoms with van der Waals surface area (Å²) in [6.45, 7) is -0.763. The Bertz CT molecular complexity index is 449. The maximum atomic E-state index is 10.9. The summed E-state index contributed by atoms with van der Waals surface area (Å²) in [5.74, 6) is -4.55. The summed E-state index contributed by atoms with van der Waals surface area (Å²) in [5.41, 5.74) is 0. The Morgan fingerprint density at radius 2 is 1.23 bits per heavy atom. The van der Waals surface area contributed by atoms with Gasteiger partial charge in [-0.1, -0.05) is 6.42 Å². The van der Waals surface area contributed by atoms with Crippen molar-refractivity contribution in [2.75, 3.05) is 45.9 Å². The van der Waals surface area contributed by atoms with E-state index in [-0.39, 0.29) is 19.3 Å². The molecule has 0 bridgehead atoms. The molecule has 1 fully saturated rings. The third-order valence-electron chi connectivity index (χ3n) is 4.04. The molecule has 1 atom stereocenters. The maximum Gasteiger partial charge on any atom is 0.317 e. The van der Waals surface area contributed by atoms with Gasteiger partial charge >= 0.3 is 23.9 Å². The molecule has 11 nitrogen and oxygen atoms in total. The van der Waals surface area contributed by atoms with Gasteiger partial charge in [-0.05, 0) is 19.4 Å². The lowest BCUT2D eigenvalue weighted by Crippen LogP contribution is -2.53. The molecular weight excluding hydrogens is 350 g/mol. The molecule has 26 heavy (non-hydrogen) atoms. The first kappa shape index (κ1) is 21.8. The number of rotatable bonds is 12. The van der Waals surface area contributed by atoms with E-state index in [9.17, 15) is 19.2 Å². The standard InChI is InChI=1S/C15H25N3O8/c19-12(20)6-16(7-13(21)22)5-11-3-1-2-4-18(11)10-17(8-14(23)24)9-15(25)26/h11H,1-10H2,(H,19,20)(H,21,22)(H,23,24)(H,25,26). The van der Waals surface area contributed by atoms with E-state index in [4.69, 9.17) is 20.4 Å². The first-order chi connectivity index (χ1) is 12.2. The van der Waals surface area contributed by atoms with Gasteiger partial charge in [0, 0.05) is 12.6 Å². The lowest BCUT2D eigenvalue weighted by molar-refractivity contribution is -0.145. The summed E-state index contributed by atoms with van der Waals surface area (Å²) >= 11 is 0. The molecular formula is C15H25N3O8. The smallest absolute Gasteiger partial charge is 0.317 e. The van der Waals surface area contributed by atoms with Crippen LogP contribution in [-0.2, 0) is 19.2 Å². The number of carbonyl (C=O) groups is 4. The highest BCUT2D eigenvalue weighted by Crippen LogP contribution is 2.18. The van der Waals surface area contributed by atoms with E-state index in [1.165, 1.54) is 9.80 Å². The zero-order valence-corrected chi connectivity index (χ0v) is 14.4. The number of likely N-dealkylation sites (tertiary alicyclic amines) is 1. The number of hydrogen-bond acceptors (Lipinski definition) is 7. The minimum Gasteiger partial charge on any atom is -0.480 e. The van der Waals surface area contributed by atoms with Crippen molar-refractivity contribution in [3.05, 3.63) is 0 Å². The minimum atomic E-state index is -1.14. The first-order valence-corrected chi connectivity index (χ1v) is 8.23. The van der Waals surface area contributed by atoms with E-state index < -0.39 is 50.1 Å². The summed E-state index contributed by atoms with van der Waals surface area (Å²) < 4.78 is 0. The van der Waals surface area contributed by atoms with Crippen molar-refractivity contribution >= 4 is 23.9 Å². The van der Waals surface area contributed by atoms with Gasteiger partial charge in [0.1, 0.15) is 0 Å². The monoisotopic (exact) mass is 375 g/mol. The van der Waals surface area contributed by atoms with Gasteiger partial charge in [-0.25, -0.2) is 0 Å². The molecule has 0 aliphatic carbocycles. The first-order valence-electron chi connectivity index (χ1n) is 8.23. The highest BCUT2D eigenvalue weighted by atomic mass is 16.4. The summed E-state index contributed by atoms with van der Waals surface area (Å²) in [6, 6.07) is -0.174. The maximum absolute atomic E-state index is 10.9. The molecule has 0 aromatic heterocycles. The fourth-order valence-electron chi connectivity index (χ4n) is 3.11. The highest BCUT2D eigenvalue weighted by Gasteiger charge is 2.28. The van der Waals surface area contributed by atoms with Crippen LogP contribution in [0, 0.1) is 0 Å². The predicted molar refractivity (Wildman–Crippen MR) is 87.8 cm³/mol. The zero-order valence-electron chi connectivity index (χ0n) is 14.4. The van der Waals surface area contributed by atoms with Crippen molar-refractivity contribution in [2.45, 2.75) is 25.3 Å².